The number of halogens is 1. The average molecular weight is 478 g/mol. The van der Waals surface area contributed by atoms with E-state index in [1.165, 1.54) is 18.7 Å². The van der Waals surface area contributed by atoms with E-state index in [4.69, 9.17) is 32.4 Å². The normalized spacial score (nSPS) is 23.6. The Balaban J connectivity index is 1.83. The third-order valence-electron chi connectivity index (χ3n) is 4.29. The van der Waals surface area contributed by atoms with Crippen molar-refractivity contribution in [3.8, 4) is 0 Å². The summed E-state index contributed by atoms with van der Waals surface area (Å²) in [6, 6.07) is -0.987. The Hall–Kier alpha value is -2.58. The molecule has 0 spiro atoms. The third kappa shape index (κ3) is 4.02. The molecule has 0 aromatic carbocycles. The van der Waals surface area contributed by atoms with Crippen LogP contribution in [-0.4, -0.2) is 78.4 Å². The van der Waals surface area contributed by atoms with Gasteiger partial charge in [-0.05, 0) is 13.8 Å². The molecule has 2 aliphatic heterocycles. The van der Waals surface area contributed by atoms with Gasteiger partial charge in [0.25, 0.3) is 5.91 Å². The van der Waals surface area contributed by atoms with Gasteiger partial charge in [0.05, 0.1) is 0 Å². The summed E-state index contributed by atoms with van der Waals surface area (Å²) in [5.74, 6) is -3.73. The van der Waals surface area contributed by atoms with E-state index in [9.17, 15) is 19.2 Å². The summed E-state index contributed by atoms with van der Waals surface area (Å²) in [7, 11) is 0. The number of carboxylic acids is 2. The second kappa shape index (κ2) is 7.92. The molecule has 3 rings (SSSR count). The molecule has 1 aromatic rings. The molecule has 15 heteroatoms. The molecule has 0 aliphatic carbocycles. The molecule has 30 heavy (non-hydrogen) atoms. The standard InChI is InChI=1S/C15H16ClN5O7S2/c1-15(2,13(26)27)28-20-6(5-8(16)30-14(17)19-5)9(22)18-7-10(23)21-3-4(12(24)25)29-11(7)21/h4,7,11H,3H2,1-2H3,(H2,17,19)(H,18,22)(H,24,25)(H,26,27)/b20-6-/t4-,7-,11?/m1/s1. The summed E-state index contributed by atoms with van der Waals surface area (Å²) < 4.78 is 0.0147. The number of aliphatic carboxylic acids is 2. The number of hydrogen-bond acceptors (Lipinski definition) is 10. The highest BCUT2D eigenvalue weighted by Gasteiger charge is 2.56. The number of thioether (sulfide) groups is 1. The number of hydrogen-bond donors (Lipinski definition) is 4. The lowest BCUT2D eigenvalue weighted by Gasteiger charge is -2.41. The second-order valence-corrected chi connectivity index (χ2v) is 9.77. The van der Waals surface area contributed by atoms with Crippen LogP contribution >= 0.6 is 34.7 Å². The number of oxime groups is 1. The number of anilines is 1. The van der Waals surface area contributed by atoms with E-state index in [0.29, 0.717) is 0 Å². The predicted molar refractivity (Wildman–Crippen MR) is 107 cm³/mol. The molecule has 2 fully saturated rings. The maximum Gasteiger partial charge on any atom is 0.350 e. The van der Waals surface area contributed by atoms with Gasteiger partial charge in [-0.25, -0.2) is 9.78 Å². The lowest BCUT2D eigenvalue weighted by atomic mass is 10.1. The van der Waals surface area contributed by atoms with Gasteiger partial charge in [0.2, 0.25) is 11.5 Å². The first-order valence-electron chi connectivity index (χ1n) is 8.33. The lowest BCUT2D eigenvalue weighted by molar-refractivity contribution is -0.161. The zero-order valence-corrected chi connectivity index (χ0v) is 17.9. The number of nitrogens with zero attached hydrogens (tertiary/aromatic N) is 3. The average Bonchev–Trinajstić information content (AvgIpc) is 3.20. The summed E-state index contributed by atoms with van der Waals surface area (Å²) in [5.41, 5.74) is 3.24. The predicted octanol–water partition coefficient (Wildman–Crippen LogP) is -0.184. The van der Waals surface area contributed by atoms with Crippen molar-refractivity contribution < 1.29 is 34.2 Å². The van der Waals surface area contributed by atoms with Gasteiger partial charge in [-0.2, -0.15) is 0 Å². The number of rotatable bonds is 7. The van der Waals surface area contributed by atoms with Crippen LogP contribution in [0.15, 0.2) is 5.16 Å². The molecular formula is C15H16ClN5O7S2. The molecule has 5 N–H and O–H groups in total. The number of fused-ring (bicyclic) bond motifs is 1. The van der Waals surface area contributed by atoms with E-state index >= 15 is 0 Å². The van der Waals surface area contributed by atoms with Crippen LogP contribution in [0.5, 0.6) is 0 Å². The van der Waals surface area contributed by atoms with Crippen LogP contribution < -0.4 is 11.1 Å². The van der Waals surface area contributed by atoms with Crippen molar-refractivity contribution in [2.75, 3.05) is 12.3 Å². The van der Waals surface area contributed by atoms with Gasteiger partial charge in [0.15, 0.2) is 10.8 Å². The summed E-state index contributed by atoms with van der Waals surface area (Å²) in [5, 5.41) is 23.1. The van der Waals surface area contributed by atoms with E-state index in [1.807, 2.05) is 0 Å². The van der Waals surface area contributed by atoms with Crippen molar-refractivity contribution >= 4 is 69.3 Å². The first-order chi connectivity index (χ1) is 13.9. The topological polar surface area (TPSA) is 185 Å². The van der Waals surface area contributed by atoms with Crippen molar-refractivity contribution in [1.29, 1.82) is 0 Å². The molecule has 2 aliphatic rings. The maximum atomic E-state index is 12.8. The first kappa shape index (κ1) is 22.1. The molecule has 1 unspecified atom stereocenters. The minimum atomic E-state index is -1.77. The molecule has 3 heterocycles. The SMILES string of the molecule is CC(C)(O/N=C(\C(=O)N[C@@H]1C(=O)N2C[C@H](C(=O)O)SC12)c1nc(N)sc1Cl)C(=O)O. The number of carbonyl (C=O) groups is 4. The van der Waals surface area contributed by atoms with Gasteiger partial charge in [-0.1, -0.05) is 28.1 Å². The van der Waals surface area contributed by atoms with E-state index < -0.39 is 51.7 Å². The molecule has 3 atom stereocenters. The zero-order valence-electron chi connectivity index (χ0n) is 15.5. The van der Waals surface area contributed by atoms with E-state index in [0.717, 1.165) is 23.1 Å². The summed E-state index contributed by atoms with van der Waals surface area (Å²) >= 11 is 7.96. The van der Waals surface area contributed by atoms with Gasteiger partial charge >= 0.3 is 11.9 Å². The van der Waals surface area contributed by atoms with E-state index in [1.54, 1.807) is 0 Å². The molecule has 1 aromatic heterocycles. The third-order valence-corrected chi connectivity index (χ3v) is 6.86. The Morgan fingerprint density at radius 2 is 2.07 bits per heavy atom. The molecule has 162 valence electrons. The molecule has 0 radical (unpaired) electrons. The van der Waals surface area contributed by atoms with Gasteiger partial charge in [-0.3, -0.25) is 14.4 Å². The van der Waals surface area contributed by atoms with Crippen molar-refractivity contribution in [1.82, 2.24) is 15.2 Å². The number of nitrogen functional groups attached to an aromatic ring is 1. The van der Waals surface area contributed by atoms with Gasteiger partial charge < -0.3 is 31.0 Å². The van der Waals surface area contributed by atoms with E-state index in [-0.39, 0.29) is 21.7 Å². The highest BCUT2D eigenvalue weighted by Crippen LogP contribution is 2.40. The van der Waals surface area contributed by atoms with Crippen molar-refractivity contribution in [2.24, 2.45) is 5.16 Å². The van der Waals surface area contributed by atoms with Crippen LogP contribution in [0.25, 0.3) is 0 Å². The Bertz CT molecular complexity index is 965. The Morgan fingerprint density at radius 1 is 1.40 bits per heavy atom. The number of β-lactam (4-membered cyclic amide) rings is 1. The van der Waals surface area contributed by atoms with Crippen LogP contribution in [-0.2, 0) is 24.0 Å². The van der Waals surface area contributed by atoms with E-state index in [2.05, 4.69) is 15.5 Å². The second-order valence-electron chi connectivity index (χ2n) is 6.82. The quantitative estimate of drug-likeness (QED) is 0.233. The fourth-order valence-electron chi connectivity index (χ4n) is 2.59. The van der Waals surface area contributed by atoms with Crippen LogP contribution in [0.3, 0.4) is 0 Å². The Kier molecular flexibility index (Phi) is 5.84. The van der Waals surface area contributed by atoms with Gasteiger partial charge in [-0.15, -0.1) is 11.8 Å². The minimum absolute atomic E-state index is 0.0147. The minimum Gasteiger partial charge on any atom is -0.480 e. The maximum absolute atomic E-state index is 12.8. The smallest absolute Gasteiger partial charge is 0.350 e. The van der Waals surface area contributed by atoms with Crippen LogP contribution in [0.4, 0.5) is 5.13 Å². The monoisotopic (exact) mass is 477 g/mol. The van der Waals surface area contributed by atoms with Crippen molar-refractivity contribution in [3.63, 3.8) is 0 Å². The molecular weight excluding hydrogens is 462 g/mol. The number of amides is 2. The molecule has 0 bridgehead atoms. The van der Waals surface area contributed by atoms with Gasteiger partial charge in [0, 0.05) is 6.54 Å². The highest BCUT2D eigenvalue weighted by atomic mass is 35.5. The number of carbonyl (C=O) groups excluding carboxylic acids is 2. The number of aromatic nitrogens is 1. The lowest BCUT2D eigenvalue weighted by Crippen LogP contribution is -2.67. The molecule has 2 saturated heterocycles. The molecule has 2 amide bonds. The highest BCUT2D eigenvalue weighted by molar-refractivity contribution is 8.01. The number of nitrogens with one attached hydrogen (secondary N) is 1. The van der Waals surface area contributed by atoms with Gasteiger partial charge in [0.1, 0.15) is 26.7 Å². The Morgan fingerprint density at radius 3 is 2.60 bits per heavy atom. The fraction of sp³-hybridized carbons (Fsp3) is 0.467. The molecule has 0 saturated carbocycles. The van der Waals surface area contributed by atoms with Crippen LogP contribution in [0.2, 0.25) is 4.34 Å². The van der Waals surface area contributed by atoms with Crippen LogP contribution in [0, 0.1) is 0 Å². The zero-order chi connectivity index (χ0) is 22.4. The largest absolute Gasteiger partial charge is 0.480 e. The fourth-order valence-corrected chi connectivity index (χ4v) is 4.90. The Labute approximate surface area is 182 Å². The molecule has 12 nitrogen and oxygen atoms in total. The number of nitrogens with two attached hydrogens (primary N) is 1. The number of carboxylic acid groups (broad SMARTS) is 2. The van der Waals surface area contributed by atoms with Crippen LogP contribution in [0.1, 0.15) is 19.5 Å². The first-order valence-corrected chi connectivity index (χ1v) is 10.5. The summed E-state index contributed by atoms with van der Waals surface area (Å²) in [4.78, 5) is 57.8. The summed E-state index contributed by atoms with van der Waals surface area (Å²) in [6.45, 7) is 2.49. The number of thiazole rings is 1. The summed E-state index contributed by atoms with van der Waals surface area (Å²) in [6.07, 6.45) is 0. The van der Waals surface area contributed by atoms with Crippen molar-refractivity contribution in [2.45, 2.75) is 36.1 Å². The van der Waals surface area contributed by atoms with Crippen molar-refractivity contribution in [3.05, 3.63) is 10.0 Å².